The van der Waals surface area contributed by atoms with Crippen LogP contribution in [0.1, 0.15) is 6.92 Å². The summed E-state index contributed by atoms with van der Waals surface area (Å²) < 4.78 is 47.1. The second kappa shape index (κ2) is 7.01. The van der Waals surface area contributed by atoms with Crippen molar-refractivity contribution in [1.29, 1.82) is 0 Å². The Labute approximate surface area is 120 Å². The van der Waals surface area contributed by atoms with Crippen molar-refractivity contribution >= 4 is 11.5 Å². The second-order valence-electron chi connectivity index (χ2n) is 4.03. The maximum atomic E-state index is 12.3. The fraction of sp³-hybridized carbons (Fsp3) is 0.357. The predicted octanol–water partition coefficient (Wildman–Crippen LogP) is 3.14. The van der Waals surface area contributed by atoms with Crippen molar-refractivity contribution in [3.63, 3.8) is 0 Å². The van der Waals surface area contributed by atoms with Gasteiger partial charge in [-0.15, -0.1) is 0 Å². The number of rotatable bonds is 6. The van der Waals surface area contributed by atoms with Gasteiger partial charge in [-0.2, -0.15) is 13.2 Å². The van der Waals surface area contributed by atoms with Gasteiger partial charge in [0.25, 0.3) is 5.78 Å². The Bertz CT molecular complexity index is 509. The molecule has 0 aliphatic heterocycles. The van der Waals surface area contributed by atoms with Gasteiger partial charge in [-0.3, -0.25) is 4.79 Å². The predicted molar refractivity (Wildman–Crippen MR) is 72.2 cm³/mol. The zero-order chi connectivity index (χ0) is 16.0. The molecule has 0 fully saturated rings. The summed E-state index contributed by atoms with van der Waals surface area (Å²) in [5.41, 5.74) is 0.561. The number of halogens is 3. The number of hydrogen-bond donors (Lipinski definition) is 0. The monoisotopic (exact) mass is 303 g/mol. The highest BCUT2D eigenvalue weighted by atomic mass is 19.4. The summed E-state index contributed by atoms with van der Waals surface area (Å²) in [5.74, 6) is -1.53. The van der Waals surface area contributed by atoms with Crippen LogP contribution in [0.15, 0.2) is 36.2 Å². The lowest BCUT2D eigenvalue weighted by Crippen LogP contribution is -2.25. The molecule has 1 aromatic carbocycles. The van der Waals surface area contributed by atoms with Gasteiger partial charge in [0.2, 0.25) is 0 Å². The fourth-order valence-corrected chi connectivity index (χ4v) is 1.51. The van der Waals surface area contributed by atoms with Gasteiger partial charge in [-0.1, -0.05) is 0 Å². The number of allylic oxidation sites excluding steroid dienone is 1. The van der Waals surface area contributed by atoms with E-state index in [0.717, 1.165) is 0 Å². The molecule has 21 heavy (non-hydrogen) atoms. The molecule has 0 radical (unpaired) electrons. The molecule has 1 aromatic rings. The molecule has 4 nitrogen and oxygen atoms in total. The van der Waals surface area contributed by atoms with Gasteiger partial charge in [0, 0.05) is 12.7 Å². The topological polar surface area (TPSA) is 38.8 Å². The molecule has 0 saturated heterocycles. The number of carbonyl (C=O) groups excluding carboxylic acids is 1. The third-order valence-electron chi connectivity index (χ3n) is 2.62. The summed E-state index contributed by atoms with van der Waals surface area (Å²) in [6.45, 7) is 1.76. The highest BCUT2D eigenvalue weighted by Gasteiger charge is 2.37. The second-order valence-corrected chi connectivity index (χ2v) is 4.03. The minimum atomic E-state index is -4.93. The first kappa shape index (κ1) is 16.9. The van der Waals surface area contributed by atoms with Gasteiger partial charge in [-0.25, -0.2) is 0 Å². The smallest absolute Gasteiger partial charge is 0.454 e. The maximum Gasteiger partial charge on any atom is 0.454 e. The highest BCUT2D eigenvalue weighted by Crippen LogP contribution is 2.23. The van der Waals surface area contributed by atoms with Crippen molar-refractivity contribution in [3.8, 4) is 5.75 Å². The van der Waals surface area contributed by atoms with E-state index in [2.05, 4.69) is 0 Å². The molecule has 0 atom stereocenters. The minimum absolute atomic E-state index is 0.136. The molecule has 0 amide bonds. The lowest BCUT2D eigenvalue weighted by atomic mass is 10.2. The zero-order valence-corrected chi connectivity index (χ0v) is 11.9. The van der Waals surface area contributed by atoms with E-state index in [4.69, 9.17) is 9.47 Å². The normalized spacial score (nSPS) is 12.0. The Balaban J connectivity index is 3.03. The molecule has 0 aliphatic carbocycles. The number of ether oxygens (including phenoxy) is 2. The molecule has 0 bridgehead atoms. The number of benzene rings is 1. The van der Waals surface area contributed by atoms with Crippen LogP contribution in [0, 0.1) is 0 Å². The van der Waals surface area contributed by atoms with Gasteiger partial charge < -0.3 is 14.4 Å². The van der Waals surface area contributed by atoms with E-state index >= 15 is 0 Å². The minimum Gasteiger partial charge on any atom is -0.497 e. The maximum absolute atomic E-state index is 12.3. The van der Waals surface area contributed by atoms with Crippen LogP contribution >= 0.6 is 0 Å². The third-order valence-corrected chi connectivity index (χ3v) is 2.62. The van der Waals surface area contributed by atoms with Crippen molar-refractivity contribution in [2.24, 2.45) is 0 Å². The summed E-state index contributed by atoms with van der Waals surface area (Å²) in [5, 5.41) is 0. The number of carbonyl (C=O) groups is 1. The Morgan fingerprint density at radius 2 is 1.86 bits per heavy atom. The Morgan fingerprint density at radius 1 is 1.29 bits per heavy atom. The van der Waals surface area contributed by atoms with E-state index in [1.165, 1.54) is 19.1 Å². The fourth-order valence-electron chi connectivity index (χ4n) is 1.51. The molecule has 0 aliphatic rings. The number of methoxy groups -OCH3 is 1. The lowest BCUT2D eigenvalue weighted by molar-refractivity contribution is -0.165. The summed E-state index contributed by atoms with van der Waals surface area (Å²) in [6, 6.07) is 6.59. The third kappa shape index (κ3) is 4.70. The molecule has 116 valence electrons. The van der Waals surface area contributed by atoms with Crippen molar-refractivity contribution < 1.29 is 27.4 Å². The largest absolute Gasteiger partial charge is 0.497 e. The quantitative estimate of drug-likeness (QED) is 0.598. The molecule has 0 heterocycles. The summed E-state index contributed by atoms with van der Waals surface area (Å²) in [7, 11) is 3.01. The summed E-state index contributed by atoms with van der Waals surface area (Å²) in [4.78, 5) is 12.4. The van der Waals surface area contributed by atoms with Gasteiger partial charge in [0.15, 0.2) is 5.88 Å². The Kier molecular flexibility index (Phi) is 5.63. The number of hydrogen-bond acceptors (Lipinski definition) is 4. The van der Waals surface area contributed by atoms with Crippen LogP contribution in [0.2, 0.25) is 0 Å². The first-order valence-electron chi connectivity index (χ1n) is 6.13. The van der Waals surface area contributed by atoms with Crippen molar-refractivity contribution in [3.05, 3.63) is 36.2 Å². The van der Waals surface area contributed by atoms with Gasteiger partial charge in [0.1, 0.15) is 5.75 Å². The Hall–Kier alpha value is -2.18. The lowest BCUT2D eigenvalue weighted by Gasteiger charge is -2.22. The van der Waals surface area contributed by atoms with E-state index in [1.54, 1.807) is 31.2 Å². The van der Waals surface area contributed by atoms with Gasteiger partial charge in [-0.05, 0) is 31.2 Å². The van der Waals surface area contributed by atoms with Crippen LogP contribution in [0.3, 0.4) is 0 Å². The molecule has 0 N–H and O–H groups in total. The molecule has 0 unspecified atom stereocenters. The average molecular weight is 303 g/mol. The van der Waals surface area contributed by atoms with E-state index in [1.807, 2.05) is 0 Å². The molecular weight excluding hydrogens is 287 g/mol. The van der Waals surface area contributed by atoms with Crippen molar-refractivity contribution in [1.82, 2.24) is 0 Å². The molecule has 0 spiro atoms. The Morgan fingerprint density at radius 3 is 2.29 bits per heavy atom. The van der Waals surface area contributed by atoms with Gasteiger partial charge >= 0.3 is 6.18 Å². The van der Waals surface area contributed by atoms with Gasteiger partial charge in [0.05, 0.1) is 19.8 Å². The van der Waals surface area contributed by atoms with E-state index in [9.17, 15) is 18.0 Å². The summed E-state index contributed by atoms with van der Waals surface area (Å²) >= 11 is 0. The number of nitrogens with zero attached hydrogens (tertiary/aromatic N) is 1. The molecule has 0 aromatic heterocycles. The molecule has 1 rings (SSSR count). The molecular formula is C14H16F3NO3. The van der Waals surface area contributed by atoms with Crippen LogP contribution in [-0.4, -0.2) is 32.7 Å². The molecule has 0 saturated carbocycles. The van der Waals surface area contributed by atoms with Crippen LogP contribution in [-0.2, 0) is 9.53 Å². The molecule has 7 heteroatoms. The van der Waals surface area contributed by atoms with E-state index < -0.39 is 12.0 Å². The van der Waals surface area contributed by atoms with E-state index in [-0.39, 0.29) is 12.5 Å². The average Bonchev–Trinajstić information content (AvgIpc) is 2.45. The van der Waals surface area contributed by atoms with Crippen LogP contribution in [0.25, 0.3) is 0 Å². The van der Waals surface area contributed by atoms with Crippen molar-refractivity contribution in [2.45, 2.75) is 13.1 Å². The first-order valence-corrected chi connectivity index (χ1v) is 6.13. The van der Waals surface area contributed by atoms with Crippen LogP contribution in [0.5, 0.6) is 5.75 Å². The number of alkyl halides is 3. The zero-order valence-electron chi connectivity index (χ0n) is 11.9. The highest BCUT2D eigenvalue weighted by molar-refractivity contribution is 5.95. The van der Waals surface area contributed by atoms with Crippen LogP contribution < -0.4 is 9.64 Å². The first-order chi connectivity index (χ1) is 9.79. The standard InChI is InChI=1S/C14H16F3NO3/c1-4-21-13(9-12(19)14(15,16)17)18(2)10-5-7-11(20-3)8-6-10/h5-9H,4H2,1-3H3/b13-9+. The van der Waals surface area contributed by atoms with E-state index in [0.29, 0.717) is 17.5 Å². The van der Waals surface area contributed by atoms with Crippen LogP contribution in [0.4, 0.5) is 18.9 Å². The summed E-state index contributed by atoms with van der Waals surface area (Å²) in [6.07, 6.45) is -4.49. The number of anilines is 1. The SMILES string of the molecule is CCO/C(=C/C(=O)C(F)(F)F)N(C)c1ccc(OC)cc1. The van der Waals surface area contributed by atoms with Crippen molar-refractivity contribution in [2.75, 3.05) is 25.7 Å². The number of ketones is 1.